The highest BCUT2D eigenvalue weighted by Gasteiger charge is 2.14. The Hall–Kier alpha value is -0.0831. The van der Waals surface area contributed by atoms with Crippen molar-refractivity contribution in [2.24, 2.45) is 5.92 Å². The van der Waals surface area contributed by atoms with Crippen molar-refractivity contribution in [2.45, 2.75) is 26.6 Å². The topological polar surface area (TPSA) is 9.23 Å². The number of rotatable bonds is 4. The van der Waals surface area contributed by atoms with Crippen molar-refractivity contribution in [1.29, 1.82) is 0 Å². The van der Waals surface area contributed by atoms with Crippen LogP contribution in [0.1, 0.15) is 6.92 Å². The summed E-state index contributed by atoms with van der Waals surface area (Å²) in [6, 6.07) is 0. The van der Waals surface area contributed by atoms with E-state index in [1.54, 1.807) is 0 Å². The Morgan fingerprint density at radius 1 is 1.50 bits per heavy atom. The molecule has 0 amide bonds. The number of hydrogen-bond acceptors (Lipinski definition) is 1. The summed E-state index contributed by atoms with van der Waals surface area (Å²) >= 11 is 0. The van der Waals surface area contributed by atoms with Gasteiger partial charge in [-0.2, -0.15) is 0 Å². The van der Waals surface area contributed by atoms with E-state index in [0.717, 1.165) is 6.61 Å². The van der Waals surface area contributed by atoms with Gasteiger partial charge in [0.25, 0.3) is 0 Å². The highest BCUT2D eigenvalue weighted by atomic mass is 28.4. The van der Waals surface area contributed by atoms with Gasteiger partial charge < -0.3 is 4.43 Å². The third-order valence-corrected chi connectivity index (χ3v) is 2.21. The first-order chi connectivity index (χ1) is 4.45. The Morgan fingerprint density at radius 3 is 2.30 bits per heavy atom. The van der Waals surface area contributed by atoms with Crippen molar-refractivity contribution >= 4 is 8.32 Å². The van der Waals surface area contributed by atoms with Crippen LogP contribution in [0.4, 0.5) is 0 Å². The van der Waals surface area contributed by atoms with Crippen molar-refractivity contribution in [2.75, 3.05) is 6.61 Å². The Labute approximate surface area is 65.2 Å². The first-order valence-electron chi connectivity index (χ1n) is 3.72. The van der Waals surface area contributed by atoms with Crippen molar-refractivity contribution in [3.05, 3.63) is 12.7 Å². The molecule has 60 valence electrons. The molecule has 0 radical (unpaired) electrons. The van der Waals surface area contributed by atoms with E-state index in [9.17, 15) is 0 Å². The second-order valence-corrected chi connectivity index (χ2v) is 8.15. The SMILES string of the molecule is C=CC(C)CO[Si](C)(C)C. The molecule has 0 rings (SSSR count). The van der Waals surface area contributed by atoms with Gasteiger partial charge in [-0.25, -0.2) is 0 Å². The second kappa shape index (κ2) is 3.94. The molecule has 0 saturated heterocycles. The van der Waals surface area contributed by atoms with Gasteiger partial charge in [-0.1, -0.05) is 13.0 Å². The van der Waals surface area contributed by atoms with Crippen LogP contribution in [0.3, 0.4) is 0 Å². The zero-order valence-corrected chi connectivity index (χ0v) is 8.48. The van der Waals surface area contributed by atoms with Gasteiger partial charge in [0.1, 0.15) is 0 Å². The smallest absolute Gasteiger partial charge is 0.183 e. The molecule has 1 nitrogen and oxygen atoms in total. The summed E-state index contributed by atoms with van der Waals surface area (Å²) in [5.41, 5.74) is 0. The lowest BCUT2D eigenvalue weighted by Gasteiger charge is -2.18. The molecule has 0 aromatic heterocycles. The normalized spacial score (nSPS) is 14.8. The Morgan fingerprint density at radius 2 is 2.00 bits per heavy atom. The van der Waals surface area contributed by atoms with Gasteiger partial charge in [-0.05, 0) is 25.6 Å². The van der Waals surface area contributed by atoms with Gasteiger partial charge in [0.2, 0.25) is 0 Å². The Bertz CT molecular complexity index is 104. The highest BCUT2D eigenvalue weighted by molar-refractivity contribution is 6.69. The molecule has 0 spiro atoms. The average Bonchev–Trinajstić information content (AvgIpc) is 1.81. The molecule has 1 unspecified atom stereocenters. The minimum absolute atomic E-state index is 0.492. The zero-order chi connectivity index (χ0) is 8.20. The fourth-order valence-corrected chi connectivity index (χ4v) is 1.21. The van der Waals surface area contributed by atoms with Crippen molar-refractivity contribution in [3.8, 4) is 0 Å². The molecule has 0 aromatic rings. The van der Waals surface area contributed by atoms with Gasteiger partial charge >= 0.3 is 0 Å². The van der Waals surface area contributed by atoms with Crippen molar-refractivity contribution in [3.63, 3.8) is 0 Å². The summed E-state index contributed by atoms with van der Waals surface area (Å²) in [6.45, 7) is 13.2. The summed E-state index contributed by atoms with van der Waals surface area (Å²) in [5, 5.41) is 0. The minimum atomic E-state index is -1.28. The first-order valence-corrected chi connectivity index (χ1v) is 7.13. The lowest BCUT2D eigenvalue weighted by molar-refractivity contribution is 0.279. The predicted molar refractivity (Wildman–Crippen MR) is 48.7 cm³/mol. The van der Waals surface area contributed by atoms with Crippen LogP contribution in [0, 0.1) is 5.92 Å². The molecule has 0 fully saturated rings. The van der Waals surface area contributed by atoms with Gasteiger partial charge in [0.05, 0.1) is 0 Å². The predicted octanol–water partition coefficient (Wildman–Crippen LogP) is 2.66. The summed E-state index contributed by atoms with van der Waals surface area (Å²) in [4.78, 5) is 0. The average molecular weight is 158 g/mol. The van der Waals surface area contributed by atoms with E-state index in [-0.39, 0.29) is 0 Å². The van der Waals surface area contributed by atoms with Crippen LogP contribution in [0.15, 0.2) is 12.7 Å². The van der Waals surface area contributed by atoms with Crippen LogP contribution in [0.5, 0.6) is 0 Å². The molecule has 10 heavy (non-hydrogen) atoms. The Balaban J connectivity index is 3.45. The van der Waals surface area contributed by atoms with E-state index in [4.69, 9.17) is 4.43 Å². The highest BCUT2D eigenvalue weighted by Crippen LogP contribution is 2.06. The van der Waals surface area contributed by atoms with E-state index >= 15 is 0 Å². The first kappa shape index (κ1) is 9.92. The molecular weight excluding hydrogens is 140 g/mol. The van der Waals surface area contributed by atoms with Gasteiger partial charge in [-0.3, -0.25) is 0 Å². The van der Waals surface area contributed by atoms with Crippen LogP contribution >= 0.6 is 0 Å². The van der Waals surface area contributed by atoms with Gasteiger partial charge in [0, 0.05) is 6.61 Å². The summed E-state index contributed by atoms with van der Waals surface area (Å²) in [6.07, 6.45) is 1.93. The van der Waals surface area contributed by atoms with Crippen molar-refractivity contribution in [1.82, 2.24) is 0 Å². The lowest BCUT2D eigenvalue weighted by Crippen LogP contribution is -2.27. The van der Waals surface area contributed by atoms with Gasteiger partial charge in [0.15, 0.2) is 8.32 Å². The quantitative estimate of drug-likeness (QED) is 0.451. The molecule has 0 heterocycles. The summed E-state index contributed by atoms with van der Waals surface area (Å²) in [5.74, 6) is 0.492. The Kier molecular flexibility index (Phi) is 3.90. The molecule has 0 saturated carbocycles. The molecule has 2 heteroatoms. The largest absolute Gasteiger partial charge is 0.417 e. The van der Waals surface area contributed by atoms with Crippen LogP contribution in [-0.4, -0.2) is 14.9 Å². The molecule has 0 aromatic carbocycles. The van der Waals surface area contributed by atoms with E-state index in [1.165, 1.54) is 0 Å². The molecule has 0 aliphatic rings. The zero-order valence-electron chi connectivity index (χ0n) is 7.48. The number of hydrogen-bond donors (Lipinski definition) is 0. The second-order valence-electron chi connectivity index (χ2n) is 3.64. The van der Waals surface area contributed by atoms with Crippen LogP contribution in [0.25, 0.3) is 0 Å². The fourth-order valence-electron chi connectivity index (χ4n) is 0.449. The van der Waals surface area contributed by atoms with E-state index in [2.05, 4.69) is 33.1 Å². The maximum atomic E-state index is 5.65. The maximum Gasteiger partial charge on any atom is 0.183 e. The molecule has 0 bridgehead atoms. The molecule has 0 aliphatic carbocycles. The minimum Gasteiger partial charge on any atom is -0.417 e. The third kappa shape index (κ3) is 6.04. The van der Waals surface area contributed by atoms with Crippen LogP contribution in [-0.2, 0) is 4.43 Å². The van der Waals surface area contributed by atoms with Crippen molar-refractivity contribution < 1.29 is 4.43 Å². The summed E-state index contributed by atoms with van der Waals surface area (Å²) < 4.78 is 5.65. The molecular formula is C8H18OSi. The molecule has 0 aliphatic heterocycles. The van der Waals surface area contributed by atoms with Gasteiger partial charge in [-0.15, -0.1) is 6.58 Å². The monoisotopic (exact) mass is 158 g/mol. The molecule has 1 atom stereocenters. The van der Waals surface area contributed by atoms with E-state index in [1.807, 2.05) is 6.08 Å². The van der Waals surface area contributed by atoms with Crippen LogP contribution in [0.2, 0.25) is 19.6 Å². The lowest BCUT2D eigenvalue weighted by atomic mass is 10.2. The molecule has 0 N–H and O–H groups in total. The third-order valence-electron chi connectivity index (χ3n) is 1.18. The van der Waals surface area contributed by atoms with Crippen LogP contribution < -0.4 is 0 Å². The van der Waals surface area contributed by atoms with E-state index in [0.29, 0.717) is 5.92 Å². The fraction of sp³-hybridized carbons (Fsp3) is 0.750. The maximum absolute atomic E-state index is 5.65. The summed E-state index contributed by atoms with van der Waals surface area (Å²) in [7, 11) is -1.28. The standard InChI is InChI=1S/C8H18OSi/c1-6-8(2)7-9-10(3,4)5/h6,8H,1,7H2,2-5H3. The van der Waals surface area contributed by atoms with E-state index < -0.39 is 8.32 Å².